The van der Waals surface area contributed by atoms with Crippen molar-refractivity contribution in [2.45, 2.75) is 90.6 Å². The minimum atomic E-state index is -0.0533. The van der Waals surface area contributed by atoms with Crippen LogP contribution in [0.5, 0.6) is 0 Å². The average Bonchev–Trinajstić information content (AvgIpc) is 2.76. The summed E-state index contributed by atoms with van der Waals surface area (Å²) in [5.41, 5.74) is 0. The SMILES string of the molecule is CC/C=C/[C@H]1CO[C@H](CCC2COC([C@H]3CC[C@H](CCCC)CC3)OC2)OC1. The molecule has 1 aliphatic carbocycles. The molecule has 4 nitrogen and oxygen atoms in total. The van der Waals surface area contributed by atoms with Crippen molar-refractivity contribution in [3.05, 3.63) is 12.2 Å². The van der Waals surface area contributed by atoms with Gasteiger partial charge in [-0.15, -0.1) is 0 Å². The number of allylic oxidation sites excluding steroid dienone is 1. The van der Waals surface area contributed by atoms with Gasteiger partial charge < -0.3 is 18.9 Å². The number of unbranched alkanes of at least 4 members (excludes halogenated alkanes) is 1. The molecule has 4 heteroatoms. The van der Waals surface area contributed by atoms with Crippen LogP contribution in [0.3, 0.4) is 0 Å². The Bertz CT molecular complexity index is 428. The Morgan fingerprint density at radius 3 is 2.11 bits per heavy atom. The average molecular weight is 395 g/mol. The van der Waals surface area contributed by atoms with Gasteiger partial charge in [0.15, 0.2) is 12.6 Å². The van der Waals surface area contributed by atoms with Crippen molar-refractivity contribution < 1.29 is 18.9 Å². The van der Waals surface area contributed by atoms with Gasteiger partial charge >= 0.3 is 0 Å². The molecule has 0 N–H and O–H groups in total. The fraction of sp³-hybridized carbons (Fsp3) is 0.917. The van der Waals surface area contributed by atoms with Crippen molar-refractivity contribution in [3.8, 4) is 0 Å². The predicted molar refractivity (Wildman–Crippen MR) is 112 cm³/mol. The third kappa shape index (κ3) is 7.12. The summed E-state index contributed by atoms with van der Waals surface area (Å²) in [5.74, 6) is 2.44. The van der Waals surface area contributed by atoms with E-state index in [2.05, 4.69) is 26.0 Å². The van der Waals surface area contributed by atoms with Crippen molar-refractivity contribution in [1.82, 2.24) is 0 Å². The molecule has 0 spiro atoms. The molecular formula is C24H42O4. The summed E-state index contributed by atoms with van der Waals surface area (Å²) in [4.78, 5) is 0. The van der Waals surface area contributed by atoms with E-state index in [0.717, 1.165) is 51.6 Å². The van der Waals surface area contributed by atoms with E-state index >= 15 is 0 Å². The third-order valence-electron chi connectivity index (χ3n) is 6.68. The van der Waals surface area contributed by atoms with Crippen LogP contribution in [0.1, 0.15) is 78.1 Å². The van der Waals surface area contributed by atoms with Crippen LogP contribution in [0.25, 0.3) is 0 Å². The Morgan fingerprint density at radius 2 is 1.46 bits per heavy atom. The highest BCUT2D eigenvalue weighted by Gasteiger charge is 2.32. The van der Waals surface area contributed by atoms with E-state index in [4.69, 9.17) is 18.9 Å². The molecule has 3 fully saturated rings. The van der Waals surface area contributed by atoms with Gasteiger partial charge in [0.05, 0.1) is 26.4 Å². The molecule has 162 valence electrons. The van der Waals surface area contributed by atoms with E-state index < -0.39 is 0 Å². The first kappa shape index (κ1) is 22.3. The lowest BCUT2D eigenvalue weighted by atomic mass is 9.79. The Morgan fingerprint density at radius 1 is 0.750 bits per heavy atom. The number of ether oxygens (including phenoxy) is 4. The highest BCUT2D eigenvalue weighted by molar-refractivity contribution is 4.88. The van der Waals surface area contributed by atoms with Crippen molar-refractivity contribution in [3.63, 3.8) is 0 Å². The summed E-state index contributed by atoms with van der Waals surface area (Å²) in [6.07, 6.45) is 16.9. The molecule has 28 heavy (non-hydrogen) atoms. The topological polar surface area (TPSA) is 36.9 Å². The lowest BCUT2D eigenvalue weighted by Gasteiger charge is -2.38. The van der Waals surface area contributed by atoms with E-state index in [0.29, 0.717) is 17.8 Å². The van der Waals surface area contributed by atoms with Gasteiger partial charge in [0.1, 0.15) is 0 Å². The maximum Gasteiger partial charge on any atom is 0.160 e. The minimum absolute atomic E-state index is 0.0386. The lowest BCUT2D eigenvalue weighted by molar-refractivity contribution is -0.235. The zero-order valence-corrected chi connectivity index (χ0v) is 18.2. The standard InChI is InChI=1S/C24H42O4/c1-3-5-7-19-9-12-22(13-10-19)24-27-17-21(18-28-24)11-14-23-25-15-20(16-26-23)8-6-4-2/h6,8,19-24H,3-5,7,9-18H2,1-2H3/b8-6+/t19-,20-,21?,22-,23-,24?. The predicted octanol–water partition coefficient (Wildman–Crippen LogP) is 5.71. The fourth-order valence-electron chi connectivity index (χ4n) is 4.77. The fourth-order valence-corrected chi connectivity index (χ4v) is 4.77. The molecule has 0 aromatic carbocycles. The quantitative estimate of drug-likeness (QED) is 0.470. The van der Waals surface area contributed by atoms with Crippen molar-refractivity contribution in [1.29, 1.82) is 0 Å². The highest BCUT2D eigenvalue weighted by Crippen LogP contribution is 2.36. The molecule has 0 aromatic heterocycles. The van der Waals surface area contributed by atoms with E-state index in [1.165, 1.54) is 44.9 Å². The van der Waals surface area contributed by atoms with Crippen LogP contribution >= 0.6 is 0 Å². The largest absolute Gasteiger partial charge is 0.352 e. The van der Waals surface area contributed by atoms with Gasteiger partial charge in [-0.05, 0) is 50.9 Å². The molecule has 2 saturated heterocycles. The molecule has 0 atom stereocenters. The van der Waals surface area contributed by atoms with Crippen molar-refractivity contribution in [2.24, 2.45) is 23.7 Å². The summed E-state index contributed by atoms with van der Waals surface area (Å²) in [5, 5.41) is 0. The van der Waals surface area contributed by atoms with E-state index in [1.807, 2.05) is 0 Å². The van der Waals surface area contributed by atoms with Crippen LogP contribution < -0.4 is 0 Å². The molecule has 1 saturated carbocycles. The molecule has 0 amide bonds. The van der Waals surface area contributed by atoms with Crippen molar-refractivity contribution in [2.75, 3.05) is 26.4 Å². The van der Waals surface area contributed by atoms with E-state index in [9.17, 15) is 0 Å². The number of rotatable bonds is 9. The van der Waals surface area contributed by atoms with Gasteiger partial charge in [0.2, 0.25) is 0 Å². The first-order valence-corrected chi connectivity index (χ1v) is 11.9. The normalized spacial score (nSPS) is 37.4. The summed E-state index contributed by atoms with van der Waals surface area (Å²) in [7, 11) is 0. The van der Waals surface area contributed by atoms with Gasteiger partial charge in [-0.1, -0.05) is 45.3 Å². The number of hydrogen-bond acceptors (Lipinski definition) is 4. The molecule has 2 heterocycles. The molecule has 2 aliphatic heterocycles. The molecule has 0 bridgehead atoms. The van der Waals surface area contributed by atoms with Crippen molar-refractivity contribution >= 4 is 0 Å². The zero-order valence-electron chi connectivity index (χ0n) is 18.2. The lowest BCUT2D eigenvalue weighted by Crippen LogP contribution is -2.39. The summed E-state index contributed by atoms with van der Waals surface area (Å²) >= 11 is 0. The second kappa shape index (κ2) is 12.3. The summed E-state index contributed by atoms with van der Waals surface area (Å²) < 4.78 is 24.0. The van der Waals surface area contributed by atoms with Crippen LogP contribution in [-0.4, -0.2) is 39.0 Å². The first-order valence-electron chi connectivity index (χ1n) is 11.9. The molecular weight excluding hydrogens is 352 g/mol. The minimum Gasteiger partial charge on any atom is -0.352 e. The molecule has 0 radical (unpaired) electrons. The van der Waals surface area contributed by atoms with E-state index in [-0.39, 0.29) is 12.6 Å². The molecule has 3 aliphatic rings. The molecule has 0 aromatic rings. The van der Waals surface area contributed by atoms with Gasteiger partial charge in [-0.2, -0.15) is 0 Å². The highest BCUT2D eigenvalue weighted by atomic mass is 16.7. The monoisotopic (exact) mass is 394 g/mol. The summed E-state index contributed by atoms with van der Waals surface area (Å²) in [6, 6.07) is 0. The Hall–Kier alpha value is -0.420. The van der Waals surface area contributed by atoms with Gasteiger partial charge in [0, 0.05) is 17.8 Å². The van der Waals surface area contributed by atoms with Crippen LogP contribution in [0.4, 0.5) is 0 Å². The van der Waals surface area contributed by atoms with Gasteiger partial charge in [-0.25, -0.2) is 0 Å². The summed E-state index contributed by atoms with van der Waals surface area (Å²) in [6.45, 7) is 7.66. The zero-order chi connectivity index (χ0) is 19.6. The molecule has 0 unspecified atom stereocenters. The van der Waals surface area contributed by atoms with Crippen LogP contribution in [0.15, 0.2) is 12.2 Å². The van der Waals surface area contributed by atoms with E-state index in [1.54, 1.807) is 0 Å². The van der Waals surface area contributed by atoms with Crippen LogP contribution in [0.2, 0.25) is 0 Å². The Balaban J connectivity index is 1.26. The van der Waals surface area contributed by atoms with Crippen LogP contribution in [-0.2, 0) is 18.9 Å². The van der Waals surface area contributed by atoms with Gasteiger partial charge in [-0.3, -0.25) is 0 Å². The smallest absolute Gasteiger partial charge is 0.160 e. The Kier molecular flexibility index (Phi) is 9.79. The third-order valence-corrected chi connectivity index (χ3v) is 6.68. The maximum absolute atomic E-state index is 6.13. The second-order valence-corrected chi connectivity index (χ2v) is 9.09. The van der Waals surface area contributed by atoms with Gasteiger partial charge in [0.25, 0.3) is 0 Å². The Labute approximate surface area is 172 Å². The number of hydrogen-bond donors (Lipinski definition) is 0. The van der Waals surface area contributed by atoms with Crippen LogP contribution in [0, 0.1) is 23.7 Å². The second-order valence-electron chi connectivity index (χ2n) is 9.09. The molecule has 3 rings (SSSR count). The maximum atomic E-state index is 6.13. The first-order chi connectivity index (χ1) is 13.8.